The Hall–Kier alpha value is -1.75. The van der Waals surface area contributed by atoms with Crippen LogP contribution in [-0.2, 0) is 0 Å². The average molecular weight is 225 g/mol. The summed E-state index contributed by atoms with van der Waals surface area (Å²) in [5.41, 5.74) is 5.51. The van der Waals surface area contributed by atoms with E-state index in [-0.39, 0.29) is 5.56 Å². The number of hydrogen-bond donors (Lipinski definition) is 2. The molecule has 5 heteroatoms. The van der Waals surface area contributed by atoms with Gasteiger partial charge in [-0.05, 0) is 31.2 Å². The van der Waals surface area contributed by atoms with Crippen LogP contribution in [0.5, 0.6) is 11.5 Å². The molecule has 0 aliphatic carbocycles. The number of carbonyl (C=O) groups is 1. The number of nitrogens with two attached hydrogens (primary N) is 1. The van der Waals surface area contributed by atoms with Gasteiger partial charge in [0.1, 0.15) is 0 Å². The molecular weight excluding hydrogens is 210 g/mol. The molecular formula is C11H15NO4. The molecule has 0 bridgehead atoms. The van der Waals surface area contributed by atoms with Crippen molar-refractivity contribution in [2.75, 3.05) is 20.3 Å². The molecule has 0 saturated carbocycles. The molecule has 0 spiro atoms. The zero-order valence-corrected chi connectivity index (χ0v) is 9.10. The minimum Gasteiger partial charge on any atom is -0.493 e. The van der Waals surface area contributed by atoms with Crippen molar-refractivity contribution in [2.45, 2.75) is 6.42 Å². The molecule has 0 aliphatic rings. The number of aromatic carboxylic acids is 1. The van der Waals surface area contributed by atoms with E-state index in [0.29, 0.717) is 24.7 Å². The molecule has 1 aromatic carbocycles. The van der Waals surface area contributed by atoms with Crippen LogP contribution in [0.4, 0.5) is 0 Å². The van der Waals surface area contributed by atoms with Gasteiger partial charge >= 0.3 is 5.97 Å². The summed E-state index contributed by atoms with van der Waals surface area (Å²) in [5.74, 6) is -0.0512. The van der Waals surface area contributed by atoms with Crippen LogP contribution in [0.25, 0.3) is 0 Å². The zero-order valence-electron chi connectivity index (χ0n) is 9.10. The molecule has 1 aromatic rings. The van der Waals surface area contributed by atoms with Gasteiger partial charge in [0.2, 0.25) is 0 Å². The summed E-state index contributed by atoms with van der Waals surface area (Å²) < 4.78 is 10.5. The van der Waals surface area contributed by atoms with E-state index < -0.39 is 5.97 Å². The Labute approximate surface area is 93.8 Å². The predicted octanol–water partition coefficient (Wildman–Crippen LogP) is 1.12. The van der Waals surface area contributed by atoms with E-state index in [1.54, 1.807) is 6.07 Å². The van der Waals surface area contributed by atoms with Gasteiger partial charge in [0.15, 0.2) is 11.5 Å². The Morgan fingerprint density at radius 2 is 2.19 bits per heavy atom. The van der Waals surface area contributed by atoms with Crippen LogP contribution in [-0.4, -0.2) is 31.3 Å². The third-order valence-corrected chi connectivity index (χ3v) is 2.02. The highest BCUT2D eigenvalue weighted by Crippen LogP contribution is 2.28. The van der Waals surface area contributed by atoms with Crippen LogP contribution in [0.2, 0.25) is 0 Å². The normalized spacial score (nSPS) is 9.88. The van der Waals surface area contributed by atoms with Gasteiger partial charge in [-0.15, -0.1) is 0 Å². The average Bonchev–Trinajstić information content (AvgIpc) is 2.29. The highest BCUT2D eigenvalue weighted by atomic mass is 16.5. The Morgan fingerprint density at radius 3 is 2.75 bits per heavy atom. The number of hydrogen-bond acceptors (Lipinski definition) is 4. The van der Waals surface area contributed by atoms with Gasteiger partial charge in [-0.3, -0.25) is 0 Å². The van der Waals surface area contributed by atoms with Crippen molar-refractivity contribution in [1.82, 2.24) is 0 Å². The first-order valence-electron chi connectivity index (χ1n) is 4.93. The third kappa shape index (κ3) is 3.13. The van der Waals surface area contributed by atoms with Crippen molar-refractivity contribution in [3.63, 3.8) is 0 Å². The molecule has 0 aromatic heterocycles. The van der Waals surface area contributed by atoms with Crippen LogP contribution >= 0.6 is 0 Å². The number of ether oxygens (including phenoxy) is 2. The molecule has 0 amide bonds. The van der Waals surface area contributed by atoms with Gasteiger partial charge in [-0.2, -0.15) is 0 Å². The maximum Gasteiger partial charge on any atom is 0.335 e. The quantitative estimate of drug-likeness (QED) is 0.709. The molecule has 0 fully saturated rings. The number of carboxylic acid groups (broad SMARTS) is 1. The van der Waals surface area contributed by atoms with E-state index in [9.17, 15) is 4.79 Å². The molecule has 0 heterocycles. The third-order valence-electron chi connectivity index (χ3n) is 2.02. The van der Waals surface area contributed by atoms with Crippen molar-refractivity contribution in [1.29, 1.82) is 0 Å². The maximum atomic E-state index is 10.7. The zero-order chi connectivity index (χ0) is 12.0. The molecule has 0 radical (unpaired) electrons. The monoisotopic (exact) mass is 225 g/mol. The topological polar surface area (TPSA) is 81.8 Å². The number of methoxy groups -OCH3 is 1. The molecule has 5 nitrogen and oxygen atoms in total. The summed E-state index contributed by atoms with van der Waals surface area (Å²) in [6.45, 7) is 1.04. The minimum absolute atomic E-state index is 0.169. The summed E-state index contributed by atoms with van der Waals surface area (Å²) in [5, 5.41) is 8.80. The van der Waals surface area contributed by atoms with E-state index >= 15 is 0 Å². The fourth-order valence-corrected chi connectivity index (χ4v) is 1.19. The van der Waals surface area contributed by atoms with Crippen LogP contribution < -0.4 is 15.2 Å². The molecule has 0 aliphatic heterocycles. The van der Waals surface area contributed by atoms with Gasteiger partial charge in [0, 0.05) is 0 Å². The SMILES string of the molecule is COc1cc(C(=O)O)ccc1OCCCN. The number of rotatable bonds is 6. The molecule has 0 unspecified atom stereocenters. The highest BCUT2D eigenvalue weighted by molar-refractivity contribution is 5.88. The Balaban J connectivity index is 2.80. The lowest BCUT2D eigenvalue weighted by molar-refractivity contribution is 0.0696. The lowest BCUT2D eigenvalue weighted by Crippen LogP contribution is -2.07. The Kier molecular flexibility index (Phi) is 4.60. The van der Waals surface area contributed by atoms with Gasteiger partial charge in [-0.25, -0.2) is 4.79 Å². The molecule has 0 saturated heterocycles. The lowest BCUT2D eigenvalue weighted by atomic mass is 10.2. The van der Waals surface area contributed by atoms with Crippen molar-refractivity contribution >= 4 is 5.97 Å². The van der Waals surface area contributed by atoms with Crippen LogP contribution in [0.1, 0.15) is 16.8 Å². The first-order valence-corrected chi connectivity index (χ1v) is 4.93. The van der Waals surface area contributed by atoms with Crippen molar-refractivity contribution < 1.29 is 19.4 Å². The Bertz CT molecular complexity index is 365. The van der Waals surface area contributed by atoms with E-state index in [0.717, 1.165) is 6.42 Å². The second kappa shape index (κ2) is 5.97. The van der Waals surface area contributed by atoms with Crippen molar-refractivity contribution in [3.05, 3.63) is 23.8 Å². The highest BCUT2D eigenvalue weighted by Gasteiger charge is 2.09. The second-order valence-corrected chi connectivity index (χ2v) is 3.16. The van der Waals surface area contributed by atoms with Crippen LogP contribution in [0.15, 0.2) is 18.2 Å². The molecule has 1 rings (SSSR count). The fourth-order valence-electron chi connectivity index (χ4n) is 1.19. The van der Waals surface area contributed by atoms with Crippen LogP contribution in [0.3, 0.4) is 0 Å². The summed E-state index contributed by atoms with van der Waals surface area (Å²) in [6, 6.07) is 4.49. The summed E-state index contributed by atoms with van der Waals surface area (Å²) in [7, 11) is 1.47. The van der Waals surface area contributed by atoms with Gasteiger partial charge < -0.3 is 20.3 Å². The van der Waals surface area contributed by atoms with Gasteiger partial charge in [0.05, 0.1) is 19.3 Å². The Morgan fingerprint density at radius 1 is 1.44 bits per heavy atom. The largest absolute Gasteiger partial charge is 0.493 e. The van der Waals surface area contributed by atoms with Crippen molar-refractivity contribution in [2.24, 2.45) is 5.73 Å². The maximum absolute atomic E-state index is 10.7. The first-order chi connectivity index (χ1) is 7.69. The predicted molar refractivity (Wildman–Crippen MR) is 59.1 cm³/mol. The van der Waals surface area contributed by atoms with Gasteiger partial charge in [0.25, 0.3) is 0 Å². The standard InChI is InChI=1S/C11H15NO4/c1-15-10-7-8(11(13)14)3-4-9(10)16-6-2-5-12/h3-4,7H,2,5-6,12H2,1H3,(H,13,14). The molecule has 88 valence electrons. The summed E-state index contributed by atoms with van der Waals surface area (Å²) >= 11 is 0. The van der Waals surface area contributed by atoms with E-state index in [2.05, 4.69) is 0 Å². The number of carboxylic acids is 1. The minimum atomic E-state index is -0.994. The number of benzene rings is 1. The van der Waals surface area contributed by atoms with E-state index in [4.69, 9.17) is 20.3 Å². The lowest BCUT2D eigenvalue weighted by Gasteiger charge is -2.10. The summed E-state index contributed by atoms with van der Waals surface area (Å²) in [6.07, 6.45) is 0.740. The molecule has 3 N–H and O–H groups in total. The van der Waals surface area contributed by atoms with Crippen molar-refractivity contribution in [3.8, 4) is 11.5 Å². The smallest absolute Gasteiger partial charge is 0.335 e. The van der Waals surface area contributed by atoms with Gasteiger partial charge in [-0.1, -0.05) is 0 Å². The summed E-state index contributed by atoms with van der Waals surface area (Å²) in [4.78, 5) is 10.7. The second-order valence-electron chi connectivity index (χ2n) is 3.16. The molecule has 0 atom stereocenters. The van der Waals surface area contributed by atoms with E-state index in [1.165, 1.54) is 19.2 Å². The molecule has 16 heavy (non-hydrogen) atoms. The van der Waals surface area contributed by atoms with E-state index in [1.807, 2.05) is 0 Å². The first kappa shape index (κ1) is 12.3. The fraction of sp³-hybridized carbons (Fsp3) is 0.364. The van der Waals surface area contributed by atoms with Crippen LogP contribution in [0, 0.1) is 0 Å².